The number of allylic oxidation sites excluding steroid dienone is 2. The zero-order valence-electron chi connectivity index (χ0n) is 17.2. The van der Waals surface area contributed by atoms with Gasteiger partial charge in [-0.1, -0.05) is 89.7 Å². The first-order valence-corrected chi connectivity index (χ1v) is 11.8. The Labute approximate surface area is 178 Å². The van der Waals surface area contributed by atoms with E-state index in [1.54, 1.807) is 10.6 Å². The molecule has 27 heavy (non-hydrogen) atoms. The summed E-state index contributed by atoms with van der Waals surface area (Å²) in [6.45, 7) is 3.10. The molecule has 4 nitrogen and oxygen atoms in total. The van der Waals surface area contributed by atoms with Gasteiger partial charge in [-0.15, -0.1) is 12.6 Å². The van der Waals surface area contributed by atoms with Crippen LogP contribution in [-0.4, -0.2) is 28.6 Å². The summed E-state index contributed by atoms with van der Waals surface area (Å²) in [5.74, 6) is 0.660. The Morgan fingerprint density at radius 2 is 1.52 bits per heavy atom. The SMILES string of the molecule is CCCCCCCCC=CCCCCCCCCN=C1N=CN(S)C(S)N1. The molecule has 0 aromatic carbocycles. The van der Waals surface area contributed by atoms with E-state index in [0.29, 0.717) is 5.96 Å². The highest BCUT2D eigenvalue weighted by Crippen LogP contribution is 2.10. The van der Waals surface area contributed by atoms with Gasteiger partial charge in [0.05, 0.1) is 0 Å². The van der Waals surface area contributed by atoms with Gasteiger partial charge in [-0.2, -0.15) is 0 Å². The Morgan fingerprint density at radius 3 is 2.11 bits per heavy atom. The van der Waals surface area contributed by atoms with E-state index in [4.69, 9.17) is 0 Å². The molecule has 0 radical (unpaired) electrons. The van der Waals surface area contributed by atoms with Gasteiger partial charge in [-0.05, 0) is 32.1 Å². The topological polar surface area (TPSA) is 40.0 Å². The average Bonchev–Trinajstić information content (AvgIpc) is 2.67. The van der Waals surface area contributed by atoms with Gasteiger partial charge < -0.3 is 5.32 Å². The Kier molecular flexibility index (Phi) is 15.8. The number of unbranched alkanes of at least 4 members (excludes halogenated alkanes) is 12. The van der Waals surface area contributed by atoms with Crippen molar-refractivity contribution in [2.45, 2.75) is 102 Å². The average molecular weight is 413 g/mol. The van der Waals surface area contributed by atoms with Crippen molar-refractivity contribution >= 4 is 37.7 Å². The van der Waals surface area contributed by atoms with E-state index in [0.717, 1.165) is 13.0 Å². The second kappa shape index (κ2) is 17.5. The van der Waals surface area contributed by atoms with Crippen molar-refractivity contribution in [2.75, 3.05) is 6.54 Å². The standard InChI is InChI=1S/C21H40N4S2/c1-2-3-4-5-6-7-8-9-10-11-12-13-14-15-16-17-18-22-20-23-19-25(27)21(26)24-20/h9-10,19,21,26-27H,2-8,11-18H2,1H3,(H,22,24). The molecule has 156 valence electrons. The van der Waals surface area contributed by atoms with E-state index in [1.807, 2.05) is 0 Å². The van der Waals surface area contributed by atoms with Crippen molar-refractivity contribution in [2.24, 2.45) is 9.98 Å². The lowest BCUT2D eigenvalue weighted by Gasteiger charge is -2.25. The van der Waals surface area contributed by atoms with Gasteiger partial charge in [0.15, 0.2) is 5.50 Å². The first kappa shape index (κ1) is 24.4. The smallest absolute Gasteiger partial charge is 0.221 e. The third kappa shape index (κ3) is 14.1. The molecule has 0 aromatic rings. The molecule has 1 heterocycles. The van der Waals surface area contributed by atoms with E-state index in [9.17, 15) is 0 Å². The maximum absolute atomic E-state index is 4.46. The molecule has 1 aliphatic heterocycles. The molecule has 0 aromatic heterocycles. The second-order valence-corrected chi connectivity index (χ2v) is 8.24. The zero-order chi connectivity index (χ0) is 19.6. The summed E-state index contributed by atoms with van der Waals surface area (Å²) in [4.78, 5) is 8.64. The first-order valence-electron chi connectivity index (χ1n) is 10.9. The maximum Gasteiger partial charge on any atom is 0.221 e. The molecule has 1 aliphatic rings. The molecule has 0 bridgehead atoms. The molecular weight excluding hydrogens is 372 g/mol. The Bertz CT molecular complexity index is 438. The molecule has 1 rings (SSSR count). The van der Waals surface area contributed by atoms with Crippen LogP contribution in [0.2, 0.25) is 0 Å². The number of hydrogen-bond acceptors (Lipinski definition) is 4. The zero-order valence-corrected chi connectivity index (χ0v) is 18.9. The minimum absolute atomic E-state index is 0.163. The molecule has 0 amide bonds. The van der Waals surface area contributed by atoms with Crippen LogP contribution in [0, 0.1) is 0 Å². The van der Waals surface area contributed by atoms with Crippen molar-refractivity contribution in [3.05, 3.63) is 12.2 Å². The molecule has 0 aliphatic carbocycles. The molecule has 0 saturated heterocycles. The van der Waals surface area contributed by atoms with Crippen LogP contribution in [0.25, 0.3) is 0 Å². The van der Waals surface area contributed by atoms with Crippen molar-refractivity contribution in [3.8, 4) is 0 Å². The molecular formula is C21H40N4S2. The molecule has 6 heteroatoms. The number of rotatable bonds is 16. The van der Waals surface area contributed by atoms with Gasteiger partial charge in [-0.3, -0.25) is 9.30 Å². The first-order chi connectivity index (χ1) is 13.2. The lowest BCUT2D eigenvalue weighted by atomic mass is 10.1. The van der Waals surface area contributed by atoms with Crippen LogP contribution >= 0.6 is 25.4 Å². The maximum atomic E-state index is 4.46. The highest BCUT2D eigenvalue weighted by atomic mass is 32.1. The lowest BCUT2D eigenvalue weighted by Crippen LogP contribution is -2.43. The van der Waals surface area contributed by atoms with E-state index in [-0.39, 0.29) is 5.50 Å². The van der Waals surface area contributed by atoms with Crippen molar-refractivity contribution in [3.63, 3.8) is 0 Å². The molecule has 1 atom stereocenters. The van der Waals surface area contributed by atoms with Gasteiger partial charge in [0.1, 0.15) is 6.34 Å². The summed E-state index contributed by atoms with van der Waals surface area (Å²) in [5, 5.41) is 3.08. The fourth-order valence-corrected chi connectivity index (χ4v) is 3.31. The number of thiol groups is 2. The molecule has 0 saturated carbocycles. The van der Waals surface area contributed by atoms with Crippen LogP contribution < -0.4 is 5.32 Å². The number of aliphatic imine (C=N–C) groups is 2. The van der Waals surface area contributed by atoms with Crippen LogP contribution in [0.1, 0.15) is 96.8 Å². The van der Waals surface area contributed by atoms with Crippen LogP contribution in [0.5, 0.6) is 0 Å². The lowest BCUT2D eigenvalue weighted by molar-refractivity contribution is 0.587. The highest BCUT2D eigenvalue weighted by Gasteiger charge is 2.13. The van der Waals surface area contributed by atoms with E-state index >= 15 is 0 Å². The van der Waals surface area contributed by atoms with Gasteiger partial charge in [0.2, 0.25) is 5.96 Å². The van der Waals surface area contributed by atoms with Gasteiger partial charge in [0, 0.05) is 6.54 Å². The van der Waals surface area contributed by atoms with E-state index < -0.39 is 0 Å². The monoisotopic (exact) mass is 412 g/mol. The van der Waals surface area contributed by atoms with E-state index in [2.05, 4.69) is 59.8 Å². The number of nitrogens with one attached hydrogen (secondary N) is 1. The largest absolute Gasteiger partial charge is 0.325 e. The number of hydrogen-bond donors (Lipinski definition) is 3. The van der Waals surface area contributed by atoms with E-state index in [1.165, 1.54) is 83.5 Å². The highest BCUT2D eigenvalue weighted by molar-refractivity contribution is 7.83. The van der Waals surface area contributed by atoms with Gasteiger partial charge in [0.25, 0.3) is 0 Å². The van der Waals surface area contributed by atoms with Gasteiger partial charge >= 0.3 is 0 Å². The molecule has 1 N–H and O–H groups in total. The molecule has 1 unspecified atom stereocenters. The van der Waals surface area contributed by atoms with Crippen LogP contribution in [-0.2, 0) is 0 Å². The number of guanidine groups is 1. The quantitative estimate of drug-likeness (QED) is 0.156. The number of nitrogens with zero attached hydrogens (tertiary/aromatic N) is 3. The van der Waals surface area contributed by atoms with Crippen LogP contribution in [0.4, 0.5) is 0 Å². The van der Waals surface area contributed by atoms with Gasteiger partial charge in [-0.25, -0.2) is 4.99 Å². The Balaban J connectivity index is 1.83. The summed E-state index contributed by atoms with van der Waals surface area (Å²) in [5.41, 5.74) is -0.163. The predicted molar refractivity (Wildman–Crippen MR) is 127 cm³/mol. The third-order valence-electron chi connectivity index (χ3n) is 4.74. The summed E-state index contributed by atoms with van der Waals surface area (Å²) in [6, 6.07) is 0. The summed E-state index contributed by atoms with van der Waals surface area (Å²) in [7, 11) is 0. The molecule has 0 spiro atoms. The Hall–Kier alpha value is -0.620. The van der Waals surface area contributed by atoms with Crippen molar-refractivity contribution in [1.82, 2.24) is 9.62 Å². The summed E-state index contributed by atoms with van der Waals surface area (Å²) < 4.78 is 1.60. The van der Waals surface area contributed by atoms with Crippen LogP contribution in [0.15, 0.2) is 22.1 Å². The Morgan fingerprint density at radius 1 is 0.963 bits per heavy atom. The minimum atomic E-state index is -0.163. The van der Waals surface area contributed by atoms with Crippen molar-refractivity contribution in [1.29, 1.82) is 0 Å². The van der Waals surface area contributed by atoms with Crippen LogP contribution in [0.3, 0.4) is 0 Å². The molecule has 0 fully saturated rings. The normalized spacial score (nSPS) is 18.6. The fourth-order valence-electron chi connectivity index (χ4n) is 3.03. The fraction of sp³-hybridized carbons (Fsp3) is 0.810. The summed E-state index contributed by atoms with van der Waals surface area (Å²) >= 11 is 8.53. The second-order valence-electron chi connectivity index (χ2n) is 7.29. The third-order valence-corrected chi connectivity index (χ3v) is 5.63. The summed E-state index contributed by atoms with van der Waals surface area (Å²) in [6.07, 6.45) is 25.0. The predicted octanol–water partition coefficient (Wildman–Crippen LogP) is 6.37. The van der Waals surface area contributed by atoms with Crippen molar-refractivity contribution < 1.29 is 0 Å². The minimum Gasteiger partial charge on any atom is -0.325 e.